The number of esters is 1. The fraction of sp³-hybridized carbons (Fsp3) is 0.708. The first-order valence-electron chi connectivity index (χ1n) is 11.8. The summed E-state index contributed by atoms with van der Waals surface area (Å²) in [5, 5.41) is 9.13. The minimum absolute atomic E-state index is 0.0219. The molecule has 32 heavy (non-hydrogen) atoms. The van der Waals surface area contributed by atoms with E-state index in [-0.39, 0.29) is 31.0 Å². The van der Waals surface area contributed by atoms with Gasteiger partial charge < -0.3 is 19.6 Å². The van der Waals surface area contributed by atoms with Gasteiger partial charge in [0.1, 0.15) is 12.6 Å². The summed E-state index contributed by atoms with van der Waals surface area (Å²) in [5.74, 6) is -1.74. The lowest BCUT2D eigenvalue weighted by atomic mass is 9.75. The van der Waals surface area contributed by atoms with Crippen molar-refractivity contribution in [3.8, 4) is 0 Å². The lowest BCUT2D eigenvalue weighted by Gasteiger charge is -2.36. The van der Waals surface area contributed by atoms with Gasteiger partial charge in [-0.25, -0.2) is 0 Å². The Kier molecular flexibility index (Phi) is 6.73. The molecule has 0 aromatic rings. The summed E-state index contributed by atoms with van der Waals surface area (Å²) in [6, 6.07) is -0.625. The maximum absolute atomic E-state index is 13.9. The number of carbonyl (C=O) groups excluding carboxylic acids is 3. The van der Waals surface area contributed by atoms with Gasteiger partial charge in [0.05, 0.1) is 16.6 Å². The number of nitrogens with zero attached hydrogens (tertiary/aromatic N) is 2. The molecular formula is C24H34N2O5S. The van der Waals surface area contributed by atoms with E-state index in [0.29, 0.717) is 32.5 Å². The third-order valence-corrected chi connectivity index (χ3v) is 9.03. The van der Waals surface area contributed by atoms with Crippen molar-refractivity contribution in [3.63, 3.8) is 0 Å². The molecule has 1 N–H and O–H groups in total. The Bertz CT molecular complexity index is 829. The molecule has 4 heterocycles. The van der Waals surface area contributed by atoms with Gasteiger partial charge in [-0.3, -0.25) is 14.4 Å². The second-order valence-corrected chi connectivity index (χ2v) is 11.2. The molecule has 0 aliphatic carbocycles. The summed E-state index contributed by atoms with van der Waals surface area (Å²) >= 11 is 1.59. The molecule has 0 saturated carbocycles. The van der Waals surface area contributed by atoms with Crippen LogP contribution in [0.5, 0.6) is 0 Å². The van der Waals surface area contributed by atoms with Crippen LogP contribution >= 0.6 is 11.8 Å². The number of aliphatic hydroxyl groups is 1. The maximum Gasteiger partial charge on any atom is 0.311 e. The largest absolute Gasteiger partial charge is 0.461 e. The van der Waals surface area contributed by atoms with Crippen LogP contribution in [-0.2, 0) is 19.1 Å². The first-order chi connectivity index (χ1) is 15.4. The molecule has 8 heteroatoms. The number of amides is 2. The van der Waals surface area contributed by atoms with Gasteiger partial charge in [0.25, 0.3) is 0 Å². The zero-order valence-electron chi connectivity index (χ0n) is 19.0. The number of carbonyl (C=O) groups is 3. The van der Waals surface area contributed by atoms with Crippen LogP contribution in [0.2, 0.25) is 0 Å². The van der Waals surface area contributed by atoms with Crippen molar-refractivity contribution in [1.29, 1.82) is 0 Å². The topological polar surface area (TPSA) is 87.2 Å². The zero-order valence-corrected chi connectivity index (χ0v) is 19.8. The number of fused-ring (bicyclic) bond motifs is 2. The van der Waals surface area contributed by atoms with Crippen molar-refractivity contribution in [1.82, 2.24) is 9.80 Å². The smallest absolute Gasteiger partial charge is 0.311 e. The van der Waals surface area contributed by atoms with Gasteiger partial charge in [0.15, 0.2) is 0 Å². The minimum Gasteiger partial charge on any atom is -0.461 e. The molecule has 0 bridgehead atoms. The Hall–Kier alpha value is -1.80. The molecule has 2 fully saturated rings. The van der Waals surface area contributed by atoms with Crippen molar-refractivity contribution in [2.75, 3.05) is 32.8 Å². The Morgan fingerprint density at radius 2 is 1.88 bits per heavy atom. The summed E-state index contributed by atoms with van der Waals surface area (Å²) in [6.45, 7) is 6.07. The van der Waals surface area contributed by atoms with Crippen LogP contribution in [0.25, 0.3) is 0 Å². The molecule has 4 aliphatic rings. The number of hydrogen-bond acceptors (Lipinski definition) is 6. The monoisotopic (exact) mass is 462 g/mol. The number of likely N-dealkylation sites (tertiary alicyclic amines) is 1. The minimum atomic E-state index is -0.785. The van der Waals surface area contributed by atoms with Gasteiger partial charge in [-0.2, -0.15) is 0 Å². The van der Waals surface area contributed by atoms with Crippen LogP contribution in [0, 0.1) is 11.8 Å². The van der Waals surface area contributed by atoms with Crippen LogP contribution in [0.15, 0.2) is 24.3 Å². The number of unbranched alkanes of at least 4 members (excludes halogenated alkanes) is 3. The highest BCUT2D eigenvalue weighted by molar-refractivity contribution is 8.02. The second-order valence-electron chi connectivity index (χ2n) is 9.39. The summed E-state index contributed by atoms with van der Waals surface area (Å²) < 4.78 is 4.05. The molecular weight excluding hydrogens is 428 g/mol. The van der Waals surface area contributed by atoms with Gasteiger partial charge in [-0.05, 0) is 38.7 Å². The number of aliphatic hydroxyl groups excluding tert-OH is 1. The third kappa shape index (κ3) is 3.69. The molecule has 2 saturated heterocycles. The van der Waals surface area contributed by atoms with Crippen LogP contribution < -0.4 is 0 Å². The van der Waals surface area contributed by atoms with Crippen molar-refractivity contribution >= 4 is 29.5 Å². The fourth-order valence-electron chi connectivity index (χ4n) is 5.76. The number of thioether (sulfide) groups is 1. The average Bonchev–Trinajstić information content (AvgIpc) is 3.02. The first kappa shape index (κ1) is 23.4. The van der Waals surface area contributed by atoms with E-state index in [1.54, 1.807) is 16.7 Å². The predicted octanol–water partition coefficient (Wildman–Crippen LogP) is 2.15. The molecule has 4 aliphatic heterocycles. The summed E-state index contributed by atoms with van der Waals surface area (Å²) in [5.41, 5.74) is 0. The Morgan fingerprint density at radius 1 is 1.06 bits per heavy atom. The van der Waals surface area contributed by atoms with Crippen molar-refractivity contribution < 1.29 is 24.2 Å². The first-order valence-corrected chi connectivity index (χ1v) is 12.6. The van der Waals surface area contributed by atoms with Gasteiger partial charge in [-0.1, -0.05) is 31.6 Å². The number of hydrogen-bond donors (Lipinski definition) is 1. The lowest BCUT2D eigenvalue weighted by Crippen LogP contribution is -2.53. The van der Waals surface area contributed by atoms with Crippen LogP contribution in [0.1, 0.15) is 46.0 Å². The quantitative estimate of drug-likeness (QED) is 0.338. The Balaban J connectivity index is 1.75. The van der Waals surface area contributed by atoms with E-state index in [0.717, 1.165) is 19.3 Å². The summed E-state index contributed by atoms with van der Waals surface area (Å²) in [7, 11) is 0. The van der Waals surface area contributed by atoms with E-state index in [1.807, 2.05) is 36.1 Å². The van der Waals surface area contributed by atoms with Crippen molar-refractivity contribution in [3.05, 3.63) is 24.3 Å². The van der Waals surface area contributed by atoms with E-state index in [9.17, 15) is 14.4 Å². The van der Waals surface area contributed by atoms with E-state index in [1.165, 1.54) is 0 Å². The van der Waals surface area contributed by atoms with Crippen LogP contribution in [-0.4, -0.2) is 81.1 Å². The molecule has 2 amide bonds. The van der Waals surface area contributed by atoms with E-state index >= 15 is 0 Å². The zero-order chi connectivity index (χ0) is 22.9. The molecule has 1 unspecified atom stereocenters. The van der Waals surface area contributed by atoms with Gasteiger partial charge in [0, 0.05) is 31.0 Å². The normalized spacial score (nSPS) is 36.0. The number of ether oxygens (including phenoxy) is 1. The SMILES string of the molecule is CCCCN1CC=C[C@]23S[C@@]4(C)C=CCOC(=O)[C@H]4[C@H]2C(=O)N(CCCCCO)C3C1=O. The van der Waals surface area contributed by atoms with Gasteiger partial charge >= 0.3 is 5.97 Å². The highest BCUT2D eigenvalue weighted by Gasteiger charge is 2.73. The lowest BCUT2D eigenvalue weighted by molar-refractivity contribution is -0.152. The maximum atomic E-state index is 13.9. The Labute approximate surface area is 194 Å². The van der Waals surface area contributed by atoms with E-state index < -0.39 is 27.4 Å². The van der Waals surface area contributed by atoms with E-state index in [4.69, 9.17) is 9.84 Å². The van der Waals surface area contributed by atoms with Crippen molar-refractivity contribution in [2.24, 2.45) is 11.8 Å². The summed E-state index contributed by atoms with van der Waals surface area (Å²) in [4.78, 5) is 44.4. The highest BCUT2D eigenvalue weighted by Crippen LogP contribution is 2.65. The Morgan fingerprint density at radius 3 is 2.62 bits per heavy atom. The molecule has 176 valence electrons. The highest BCUT2D eigenvalue weighted by atomic mass is 32.2. The molecule has 0 aromatic heterocycles. The fourth-order valence-corrected chi connectivity index (χ4v) is 7.92. The van der Waals surface area contributed by atoms with Crippen LogP contribution in [0.4, 0.5) is 0 Å². The summed E-state index contributed by atoms with van der Waals surface area (Å²) in [6.07, 6.45) is 12.0. The van der Waals surface area contributed by atoms with Gasteiger partial charge in [-0.15, -0.1) is 11.8 Å². The molecule has 4 rings (SSSR count). The van der Waals surface area contributed by atoms with Crippen molar-refractivity contribution in [2.45, 2.75) is 61.5 Å². The van der Waals surface area contributed by atoms with E-state index in [2.05, 4.69) is 6.92 Å². The van der Waals surface area contributed by atoms with Crippen LogP contribution in [0.3, 0.4) is 0 Å². The number of cyclic esters (lactones) is 1. The standard InChI is InChI=1S/C24H34N2O5S/c1-3-4-12-25-13-8-11-24-17(18-22(30)31-16-9-10-23(18,2)32-24)20(28)26(19(24)21(25)29)14-6-5-7-15-27/h8-11,17-19,27H,3-7,12-16H2,1-2H3/t17-,18+,19?,23-,24-/m0/s1. The molecule has 1 spiro atoms. The second kappa shape index (κ2) is 9.21. The molecule has 5 atom stereocenters. The van der Waals surface area contributed by atoms with Gasteiger partial charge in [0.2, 0.25) is 11.8 Å². The average molecular weight is 463 g/mol. The predicted molar refractivity (Wildman–Crippen MR) is 123 cm³/mol. The molecule has 0 aromatic carbocycles. The molecule has 7 nitrogen and oxygen atoms in total. The molecule has 0 radical (unpaired) electrons. The third-order valence-electron chi connectivity index (χ3n) is 7.23. The number of rotatable bonds is 8.